The van der Waals surface area contributed by atoms with Gasteiger partial charge in [0.05, 0.1) is 17.3 Å². The molecule has 4 rings (SSSR count). The van der Waals surface area contributed by atoms with Gasteiger partial charge < -0.3 is 15.1 Å². The summed E-state index contributed by atoms with van der Waals surface area (Å²) in [5.74, 6) is 1.12. The third-order valence-electron chi connectivity index (χ3n) is 6.56. The molecule has 6 heteroatoms. The van der Waals surface area contributed by atoms with Gasteiger partial charge in [-0.15, -0.1) is 0 Å². The number of hydrogen-bond acceptors (Lipinski definition) is 4. The quantitative estimate of drug-likeness (QED) is 0.836. The van der Waals surface area contributed by atoms with E-state index in [-0.39, 0.29) is 11.3 Å². The van der Waals surface area contributed by atoms with Crippen molar-refractivity contribution in [2.45, 2.75) is 44.9 Å². The van der Waals surface area contributed by atoms with E-state index in [2.05, 4.69) is 20.1 Å². The van der Waals surface area contributed by atoms with Crippen molar-refractivity contribution in [2.24, 2.45) is 11.3 Å². The van der Waals surface area contributed by atoms with Crippen molar-refractivity contribution < 1.29 is 9.59 Å². The molecule has 27 heavy (non-hydrogen) atoms. The number of carbonyl (C=O) groups excluding carboxylic acids is 2. The Balaban J connectivity index is 1.27. The van der Waals surface area contributed by atoms with Gasteiger partial charge in [-0.2, -0.15) is 0 Å². The third-order valence-corrected chi connectivity index (χ3v) is 6.56. The fourth-order valence-corrected chi connectivity index (χ4v) is 4.76. The number of likely N-dealkylation sites (tertiary alicyclic amines) is 2. The van der Waals surface area contributed by atoms with Gasteiger partial charge in [-0.3, -0.25) is 14.6 Å². The molecular weight excluding hydrogens is 340 g/mol. The van der Waals surface area contributed by atoms with Crippen LogP contribution < -0.4 is 5.32 Å². The number of nitrogens with one attached hydrogen (secondary N) is 1. The van der Waals surface area contributed by atoms with E-state index in [1.807, 2.05) is 12.1 Å². The maximum atomic E-state index is 13.2. The lowest BCUT2D eigenvalue weighted by molar-refractivity contribution is -0.146. The highest BCUT2D eigenvalue weighted by Crippen LogP contribution is 2.41. The predicted molar refractivity (Wildman–Crippen MR) is 104 cm³/mol. The lowest BCUT2D eigenvalue weighted by Gasteiger charge is -2.42. The molecule has 3 aliphatic rings. The first-order valence-corrected chi connectivity index (χ1v) is 10.4. The molecule has 1 atom stereocenters. The molecule has 2 aliphatic heterocycles. The minimum Gasteiger partial charge on any atom is -0.342 e. The molecule has 146 valence electrons. The van der Waals surface area contributed by atoms with Crippen molar-refractivity contribution in [2.75, 3.05) is 38.0 Å². The number of aromatic nitrogens is 1. The van der Waals surface area contributed by atoms with Crippen LogP contribution in [0, 0.1) is 11.3 Å². The number of anilines is 1. The summed E-state index contributed by atoms with van der Waals surface area (Å²) in [6.07, 6.45) is 10.8. The van der Waals surface area contributed by atoms with Crippen LogP contribution in [-0.4, -0.2) is 59.3 Å². The smallest absolute Gasteiger partial charge is 0.230 e. The summed E-state index contributed by atoms with van der Waals surface area (Å²) in [4.78, 5) is 33.8. The van der Waals surface area contributed by atoms with E-state index < -0.39 is 0 Å². The highest BCUT2D eigenvalue weighted by Gasteiger charge is 2.48. The zero-order valence-electron chi connectivity index (χ0n) is 16.0. The second-order valence-electron chi connectivity index (χ2n) is 8.50. The van der Waals surface area contributed by atoms with Gasteiger partial charge in [0.25, 0.3) is 0 Å². The Morgan fingerprint density at radius 2 is 2.15 bits per heavy atom. The van der Waals surface area contributed by atoms with Crippen LogP contribution in [0.4, 0.5) is 5.69 Å². The zero-order valence-corrected chi connectivity index (χ0v) is 16.0. The zero-order chi connectivity index (χ0) is 18.7. The van der Waals surface area contributed by atoms with E-state index in [1.54, 1.807) is 12.4 Å². The Kier molecular flexibility index (Phi) is 5.43. The monoisotopic (exact) mass is 370 g/mol. The average Bonchev–Trinajstić information content (AvgIpc) is 3.05. The molecule has 1 saturated carbocycles. The van der Waals surface area contributed by atoms with E-state index in [1.165, 1.54) is 19.3 Å². The highest BCUT2D eigenvalue weighted by molar-refractivity contribution is 5.90. The molecule has 0 bridgehead atoms. The number of hydrogen-bond donors (Lipinski definition) is 1. The third kappa shape index (κ3) is 4.15. The van der Waals surface area contributed by atoms with Crippen LogP contribution in [0.1, 0.15) is 44.9 Å². The molecule has 2 saturated heterocycles. The first-order chi connectivity index (χ1) is 13.1. The Bertz CT molecular complexity index is 676. The molecule has 6 nitrogen and oxygen atoms in total. The number of pyridine rings is 1. The molecule has 1 spiro atoms. The minimum atomic E-state index is -0.193. The van der Waals surface area contributed by atoms with Gasteiger partial charge in [0.2, 0.25) is 11.8 Å². The molecule has 1 aromatic rings. The fraction of sp³-hybridized carbons (Fsp3) is 0.667. The summed E-state index contributed by atoms with van der Waals surface area (Å²) in [6.45, 7) is 4.35. The fourth-order valence-electron chi connectivity index (χ4n) is 4.76. The van der Waals surface area contributed by atoms with Crippen LogP contribution in [0.15, 0.2) is 24.5 Å². The maximum absolute atomic E-state index is 13.2. The van der Waals surface area contributed by atoms with Crippen LogP contribution in [0.2, 0.25) is 0 Å². The number of rotatable bonds is 6. The van der Waals surface area contributed by atoms with Crippen LogP contribution in [0.3, 0.4) is 0 Å². The second kappa shape index (κ2) is 7.97. The average molecular weight is 370 g/mol. The highest BCUT2D eigenvalue weighted by atomic mass is 16.2. The molecule has 3 fully saturated rings. The van der Waals surface area contributed by atoms with Crippen LogP contribution in [0.25, 0.3) is 0 Å². The first kappa shape index (κ1) is 18.4. The SMILES string of the molecule is O=C(CCN1CCC2(CCCN(CC3CCC3)C2=O)C1)Nc1cccnc1. The molecular formula is C21H30N4O2. The van der Waals surface area contributed by atoms with Gasteiger partial charge in [0, 0.05) is 38.8 Å². The normalized spacial score (nSPS) is 26.4. The molecule has 0 aromatic carbocycles. The molecule has 1 unspecified atom stereocenters. The maximum Gasteiger partial charge on any atom is 0.230 e. The lowest BCUT2D eigenvalue weighted by atomic mass is 9.77. The molecule has 1 N–H and O–H groups in total. The van der Waals surface area contributed by atoms with Gasteiger partial charge in [-0.1, -0.05) is 6.42 Å². The lowest BCUT2D eigenvalue weighted by Crippen LogP contribution is -2.51. The number of carbonyl (C=O) groups is 2. The minimum absolute atomic E-state index is 0.00512. The Morgan fingerprint density at radius 1 is 1.26 bits per heavy atom. The first-order valence-electron chi connectivity index (χ1n) is 10.4. The topological polar surface area (TPSA) is 65.5 Å². The van der Waals surface area contributed by atoms with Crippen LogP contribution in [0.5, 0.6) is 0 Å². The van der Waals surface area contributed by atoms with Crippen molar-refractivity contribution >= 4 is 17.5 Å². The summed E-state index contributed by atoms with van der Waals surface area (Å²) in [6, 6.07) is 3.65. The summed E-state index contributed by atoms with van der Waals surface area (Å²) in [5.41, 5.74) is 0.538. The van der Waals surface area contributed by atoms with E-state index in [0.717, 1.165) is 57.0 Å². The summed E-state index contributed by atoms with van der Waals surface area (Å²) in [5, 5.41) is 2.88. The Labute approximate surface area is 161 Å². The van der Waals surface area contributed by atoms with Crippen molar-refractivity contribution in [1.82, 2.24) is 14.8 Å². The Morgan fingerprint density at radius 3 is 2.89 bits per heavy atom. The Hall–Kier alpha value is -1.95. The molecule has 1 aromatic heterocycles. The van der Waals surface area contributed by atoms with Crippen molar-refractivity contribution in [3.05, 3.63) is 24.5 Å². The molecule has 3 heterocycles. The van der Waals surface area contributed by atoms with Gasteiger partial charge in [-0.25, -0.2) is 0 Å². The van der Waals surface area contributed by atoms with Crippen molar-refractivity contribution in [1.29, 1.82) is 0 Å². The van der Waals surface area contributed by atoms with Crippen LogP contribution >= 0.6 is 0 Å². The van der Waals surface area contributed by atoms with Gasteiger partial charge in [0.1, 0.15) is 0 Å². The standard InChI is InChI=1S/C21H30N4O2/c26-19(23-18-6-2-10-22-14-18)7-12-24-13-9-21(16-24)8-3-11-25(20(21)27)15-17-4-1-5-17/h2,6,10,14,17H,1,3-5,7-9,11-13,15-16H2,(H,23,26). The van der Waals surface area contributed by atoms with E-state index in [0.29, 0.717) is 18.9 Å². The van der Waals surface area contributed by atoms with Gasteiger partial charge in [-0.05, 0) is 56.7 Å². The van der Waals surface area contributed by atoms with Crippen molar-refractivity contribution in [3.63, 3.8) is 0 Å². The van der Waals surface area contributed by atoms with E-state index in [9.17, 15) is 9.59 Å². The largest absolute Gasteiger partial charge is 0.342 e. The molecule has 1 aliphatic carbocycles. The predicted octanol–water partition coefficient (Wildman–Crippen LogP) is 2.52. The summed E-state index contributed by atoms with van der Waals surface area (Å²) < 4.78 is 0. The van der Waals surface area contributed by atoms with Crippen molar-refractivity contribution in [3.8, 4) is 0 Å². The van der Waals surface area contributed by atoms with E-state index >= 15 is 0 Å². The van der Waals surface area contributed by atoms with E-state index in [4.69, 9.17) is 0 Å². The summed E-state index contributed by atoms with van der Waals surface area (Å²) >= 11 is 0. The number of piperidine rings is 1. The second-order valence-corrected chi connectivity index (χ2v) is 8.50. The number of amides is 2. The molecule has 0 radical (unpaired) electrons. The summed E-state index contributed by atoms with van der Waals surface area (Å²) in [7, 11) is 0. The van der Waals surface area contributed by atoms with Gasteiger partial charge in [0.15, 0.2) is 0 Å². The van der Waals surface area contributed by atoms with Gasteiger partial charge >= 0.3 is 0 Å². The molecule has 2 amide bonds. The number of nitrogens with zero attached hydrogens (tertiary/aromatic N) is 3. The van der Waals surface area contributed by atoms with Crippen LogP contribution in [-0.2, 0) is 9.59 Å².